The zero-order valence-electron chi connectivity index (χ0n) is 7.24. The first-order valence-electron chi connectivity index (χ1n) is 4.52. The predicted octanol–water partition coefficient (Wildman–Crippen LogP) is 1.43. The smallest absolute Gasteiger partial charge is 0.0919 e. The van der Waals surface area contributed by atoms with Crippen molar-refractivity contribution in [1.29, 1.82) is 0 Å². The summed E-state index contributed by atoms with van der Waals surface area (Å²) in [6.07, 6.45) is 5.73. The van der Waals surface area contributed by atoms with E-state index in [4.69, 9.17) is 0 Å². The molecule has 1 saturated carbocycles. The molecule has 2 heteroatoms. The second-order valence-electron chi connectivity index (χ2n) is 3.69. The van der Waals surface area contributed by atoms with Crippen molar-refractivity contribution < 1.29 is 0 Å². The number of hydrogen-bond donors (Lipinski definition) is 1. The van der Waals surface area contributed by atoms with Crippen LogP contribution in [0.4, 0.5) is 0 Å². The van der Waals surface area contributed by atoms with Gasteiger partial charge in [-0.05, 0) is 19.8 Å². The molecule has 0 aromatic carbocycles. The van der Waals surface area contributed by atoms with Crippen LogP contribution in [0.3, 0.4) is 0 Å². The molecule has 1 aliphatic carbocycles. The highest BCUT2D eigenvalue weighted by molar-refractivity contribution is 6.32. The number of hydrogen-bond acceptors (Lipinski definition) is 1. The summed E-state index contributed by atoms with van der Waals surface area (Å²) in [5.74, 6) is 0. The molecule has 60 valence electrons. The van der Waals surface area contributed by atoms with Crippen LogP contribution in [0.25, 0.3) is 0 Å². The Labute approximate surface area is 66.5 Å². The molecular formula is C8H19NSi. The molecule has 0 aliphatic heterocycles. The lowest BCUT2D eigenvalue weighted by Crippen LogP contribution is -2.41. The standard InChI is InChI=1S/C8H19NSi/c1-3-10-9-8(2)6-4-5-7-8/h9H,3-7,10H2,1-2H3. The maximum Gasteiger partial charge on any atom is 0.0919 e. The summed E-state index contributed by atoms with van der Waals surface area (Å²) in [4.78, 5) is 3.75. The Kier molecular flexibility index (Phi) is 2.92. The molecule has 1 aliphatic rings. The Morgan fingerprint density at radius 1 is 1.40 bits per heavy atom. The summed E-state index contributed by atoms with van der Waals surface area (Å²) < 4.78 is 0. The molecule has 0 aromatic rings. The topological polar surface area (TPSA) is 12.0 Å². The second-order valence-corrected chi connectivity index (χ2v) is 5.55. The molecular weight excluding hydrogens is 138 g/mol. The van der Waals surface area contributed by atoms with Gasteiger partial charge in [0.2, 0.25) is 0 Å². The van der Waals surface area contributed by atoms with E-state index in [1.165, 1.54) is 31.7 Å². The Bertz CT molecular complexity index is 97.4. The van der Waals surface area contributed by atoms with Crippen molar-refractivity contribution in [2.45, 2.75) is 51.1 Å². The normalized spacial score (nSPS) is 24.6. The van der Waals surface area contributed by atoms with Gasteiger partial charge in [-0.3, -0.25) is 0 Å². The first-order chi connectivity index (χ1) is 4.77. The average molecular weight is 157 g/mol. The average Bonchev–Trinajstić information content (AvgIpc) is 2.33. The lowest BCUT2D eigenvalue weighted by atomic mass is 10.0. The molecule has 0 heterocycles. The van der Waals surface area contributed by atoms with Gasteiger partial charge in [0.15, 0.2) is 0 Å². The van der Waals surface area contributed by atoms with Crippen LogP contribution in [0, 0.1) is 0 Å². The zero-order chi connectivity index (χ0) is 7.45. The Morgan fingerprint density at radius 2 is 2.00 bits per heavy atom. The van der Waals surface area contributed by atoms with Gasteiger partial charge in [0.25, 0.3) is 0 Å². The molecule has 0 amide bonds. The van der Waals surface area contributed by atoms with Crippen LogP contribution in [0.15, 0.2) is 0 Å². The minimum Gasteiger partial charge on any atom is -0.337 e. The third kappa shape index (κ3) is 2.10. The van der Waals surface area contributed by atoms with Gasteiger partial charge in [0, 0.05) is 5.54 Å². The van der Waals surface area contributed by atoms with Gasteiger partial charge in [-0.15, -0.1) is 0 Å². The largest absolute Gasteiger partial charge is 0.337 e. The fraction of sp³-hybridized carbons (Fsp3) is 1.00. The molecule has 1 N–H and O–H groups in total. The molecule has 1 nitrogen and oxygen atoms in total. The predicted molar refractivity (Wildman–Crippen MR) is 49.0 cm³/mol. The van der Waals surface area contributed by atoms with Gasteiger partial charge in [-0.1, -0.05) is 25.8 Å². The van der Waals surface area contributed by atoms with Crippen molar-refractivity contribution >= 4 is 9.68 Å². The monoisotopic (exact) mass is 157 g/mol. The van der Waals surface area contributed by atoms with Gasteiger partial charge < -0.3 is 4.98 Å². The molecule has 0 bridgehead atoms. The van der Waals surface area contributed by atoms with E-state index in [0.29, 0.717) is 5.54 Å². The van der Waals surface area contributed by atoms with E-state index < -0.39 is 0 Å². The summed E-state index contributed by atoms with van der Waals surface area (Å²) >= 11 is 0. The van der Waals surface area contributed by atoms with Crippen LogP contribution >= 0.6 is 0 Å². The highest BCUT2D eigenvalue weighted by atomic mass is 28.2. The van der Waals surface area contributed by atoms with E-state index in [1.807, 2.05) is 0 Å². The quantitative estimate of drug-likeness (QED) is 0.611. The van der Waals surface area contributed by atoms with Crippen molar-refractivity contribution in [1.82, 2.24) is 4.98 Å². The van der Waals surface area contributed by atoms with Crippen LogP contribution in [-0.2, 0) is 0 Å². The maximum atomic E-state index is 3.75. The van der Waals surface area contributed by atoms with Gasteiger partial charge in [-0.2, -0.15) is 0 Å². The Hall–Kier alpha value is 0.177. The van der Waals surface area contributed by atoms with Crippen LogP contribution in [0.5, 0.6) is 0 Å². The molecule has 0 aromatic heterocycles. The van der Waals surface area contributed by atoms with E-state index in [0.717, 1.165) is 0 Å². The Morgan fingerprint density at radius 3 is 2.50 bits per heavy atom. The van der Waals surface area contributed by atoms with Gasteiger partial charge in [0.1, 0.15) is 0 Å². The van der Waals surface area contributed by atoms with Gasteiger partial charge in [0.05, 0.1) is 9.68 Å². The molecule has 0 unspecified atom stereocenters. The van der Waals surface area contributed by atoms with Crippen LogP contribution < -0.4 is 4.98 Å². The van der Waals surface area contributed by atoms with E-state index >= 15 is 0 Å². The third-order valence-corrected chi connectivity index (χ3v) is 4.11. The van der Waals surface area contributed by atoms with Gasteiger partial charge in [-0.25, -0.2) is 0 Å². The zero-order valence-corrected chi connectivity index (χ0v) is 8.66. The lowest BCUT2D eigenvalue weighted by molar-refractivity contribution is 0.440. The second kappa shape index (κ2) is 3.53. The molecule has 0 saturated heterocycles. The van der Waals surface area contributed by atoms with E-state index in [9.17, 15) is 0 Å². The molecule has 1 rings (SSSR count). The van der Waals surface area contributed by atoms with Crippen LogP contribution in [0.2, 0.25) is 6.04 Å². The maximum absolute atomic E-state index is 3.75. The summed E-state index contributed by atoms with van der Waals surface area (Å²) in [5.41, 5.74) is 0.558. The molecule has 0 atom stereocenters. The molecule has 10 heavy (non-hydrogen) atoms. The molecule has 0 spiro atoms. The van der Waals surface area contributed by atoms with Crippen molar-refractivity contribution in [3.63, 3.8) is 0 Å². The molecule has 0 radical (unpaired) electrons. The van der Waals surface area contributed by atoms with Crippen molar-refractivity contribution in [3.05, 3.63) is 0 Å². The van der Waals surface area contributed by atoms with Crippen LogP contribution in [-0.4, -0.2) is 15.2 Å². The number of nitrogens with one attached hydrogen (secondary N) is 1. The van der Waals surface area contributed by atoms with Crippen molar-refractivity contribution in [2.24, 2.45) is 0 Å². The first-order valence-corrected chi connectivity index (χ1v) is 6.22. The summed E-state index contributed by atoms with van der Waals surface area (Å²) in [6.45, 7) is 4.68. The third-order valence-electron chi connectivity index (χ3n) is 2.51. The SMILES string of the molecule is CC[SiH2]NC1(C)CCCC1. The summed E-state index contributed by atoms with van der Waals surface area (Å²) in [6, 6.07) is 1.40. The highest BCUT2D eigenvalue weighted by Crippen LogP contribution is 2.28. The van der Waals surface area contributed by atoms with Crippen molar-refractivity contribution in [2.75, 3.05) is 0 Å². The molecule has 1 fully saturated rings. The van der Waals surface area contributed by atoms with Gasteiger partial charge >= 0.3 is 0 Å². The fourth-order valence-corrected chi connectivity index (χ4v) is 2.97. The highest BCUT2D eigenvalue weighted by Gasteiger charge is 2.26. The van der Waals surface area contributed by atoms with E-state index in [-0.39, 0.29) is 9.68 Å². The fourth-order valence-electron chi connectivity index (χ4n) is 1.76. The summed E-state index contributed by atoms with van der Waals surface area (Å²) in [7, 11) is 0.0856. The summed E-state index contributed by atoms with van der Waals surface area (Å²) in [5, 5.41) is 0. The van der Waals surface area contributed by atoms with Crippen LogP contribution in [0.1, 0.15) is 39.5 Å². The first kappa shape index (κ1) is 8.28. The van der Waals surface area contributed by atoms with E-state index in [2.05, 4.69) is 18.8 Å². The minimum atomic E-state index is 0.0856. The Balaban J connectivity index is 2.22. The minimum absolute atomic E-state index is 0.0856. The lowest BCUT2D eigenvalue weighted by Gasteiger charge is -2.24. The van der Waals surface area contributed by atoms with Crippen molar-refractivity contribution in [3.8, 4) is 0 Å². The number of rotatable bonds is 3. The van der Waals surface area contributed by atoms with E-state index in [1.54, 1.807) is 0 Å².